The van der Waals surface area contributed by atoms with Gasteiger partial charge in [0.2, 0.25) is 0 Å². The van der Waals surface area contributed by atoms with Crippen molar-refractivity contribution in [3.63, 3.8) is 0 Å². The average molecular weight is 962 g/mol. The number of carbonyl (C=O) groups is 3. The number of rotatable bonds is 52. The summed E-state index contributed by atoms with van der Waals surface area (Å²) in [4.78, 5) is 38.1. The highest BCUT2D eigenvalue weighted by molar-refractivity contribution is 5.71. The molecule has 1 atom stereocenters. The van der Waals surface area contributed by atoms with Crippen LogP contribution >= 0.6 is 0 Å². The topological polar surface area (TPSA) is 78.9 Å². The van der Waals surface area contributed by atoms with E-state index in [-0.39, 0.29) is 31.6 Å². The second-order valence-corrected chi connectivity index (χ2v) is 19.2. The average Bonchev–Trinajstić information content (AvgIpc) is 3.35. The normalized spacial score (nSPS) is 12.7. The molecule has 0 aliphatic carbocycles. The molecular weight excluding hydrogens is 853 g/mol. The number of hydrogen-bond donors (Lipinski definition) is 0. The van der Waals surface area contributed by atoms with Crippen LogP contribution < -0.4 is 0 Å². The van der Waals surface area contributed by atoms with Gasteiger partial charge in [0, 0.05) is 19.3 Å². The van der Waals surface area contributed by atoms with Crippen LogP contribution in [0.2, 0.25) is 0 Å². The van der Waals surface area contributed by atoms with Crippen LogP contribution in [0.3, 0.4) is 0 Å². The van der Waals surface area contributed by atoms with Gasteiger partial charge in [-0.25, -0.2) is 0 Å². The SMILES string of the molecule is CCCCCC=CCC=CCC=CCC=CCC=CCCC(=O)OC(COC(=O)CCCCCCCC=CCCCCCCCC)COC(=O)CCCCCCCCCC=CCCCCCCCC. The van der Waals surface area contributed by atoms with Gasteiger partial charge in [-0.3, -0.25) is 14.4 Å². The third-order valence-corrected chi connectivity index (χ3v) is 12.4. The molecule has 0 bridgehead atoms. The maximum Gasteiger partial charge on any atom is 0.306 e. The van der Waals surface area contributed by atoms with Crippen LogP contribution in [0.4, 0.5) is 0 Å². The molecule has 0 spiro atoms. The lowest BCUT2D eigenvalue weighted by Crippen LogP contribution is -2.30. The maximum atomic E-state index is 12.8. The molecule has 396 valence electrons. The van der Waals surface area contributed by atoms with Gasteiger partial charge in [-0.15, -0.1) is 0 Å². The summed E-state index contributed by atoms with van der Waals surface area (Å²) in [5.41, 5.74) is 0. The number of esters is 3. The lowest BCUT2D eigenvalue weighted by molar-refractivity contribution is -0.166. The van der Waals surface area contributed by atoms with Crippen LogP contribution in [-0.4, -0.2) is 37.2 Å². The molecule has 0 aromatic rings. The van der Waals surface area contributed by atoms with E-state index in [9.17, 15) is 14.4 Å². The number of carbonyl (C=O) groups excluding carboxylic acids is 3. The summed E-state index contributed by atoms with van der Waals surface area (Å²) >= 11 is 0. The van der Waals surface area contributed by atoms with E-state index in [4.69, 9.17) is 14.2 Å². The highest BCUT2D eigenvalue weighted by Crippen LogP contribution is 2.14. The van der Waals surface area contributed by atoms with E-state index >= 15 is 0 Å². The van der Waals surface area contributed by atoms with Crippen molar-refractivity contribution in [2.75, 3.05) is 13.2 Å². The third kappa shape index (κ3) is 55.4. The summed E-state index contributed by atoms with van der Waals surface area (Å²) in [5.74, 6) is -1.00. The van der Waals surface area contributed by atoms with E-state index in [1.807, 2.05) is 6.08 Å². The van der Waals surface area contributed by atoms with Gasteiger partial charge in [-0.05, 0) is 109 Å². The summed E-state index contributed by atoms with van der Waals surface area (Å²) in [5, 5.41) is 0. The molecule has 0 saturated carbocycles. The zero-order chi connectivity index (χ0) is 50.0. The Morgan fingerprint density at radius 2 is 0.551 bits per heavy atom. The van der Waals surface area contributed by atoms with Gasteiger partial charge < -0.3 is 14.2 Å². The second-order valence-electron chi connectivity index (χ2n) is 19.2. The van der Waals surface area contributed by atoms with Gasteiger partial charge in [0.1, 0.15) is 13.2 Å². The minimum atomic E-state index is -0.822. The Bertz CT molecular complexity index is 1330. The first-order chi connectivity index (χ1) is 34.0. The molecule has 0 N–H and O–H groups in total. The van der Waals surface area contributed by atoms with Crippen LogP contribution in [-0.2, 0) is 28.6 Å². The summed E-state index contributed by atoms with van der Waals surface area (Å²) in [7, 11) is 0. The van der Waals surface area contributed by atoms with Crippen LogP contribution in [0.15, 0.2) is 85.1 Å². The maximum absolute atomic E-state index is 12.8. The van der Waals surface area contributed by atoms with Crippen LogP contribution in [0.25, 0.3) is 0 Å². The fourth-order valence-corrected chi connectivity index (χ4v) is 7.94. The first kappa shape index (κ1) is 65.6. The van der Waals surface area contributed by atoms with E-state index in [0.717, 1.165) is 77.0 Å². The van der Waals surface area contributed by atoms with Crippen molar-refractivity contribution in [1.29, 1.82) is 0 Å². The molecular formula is C63H108O6. The van der Waals surface area contributed by atoms with Crippen LogP contribution in [0, 0.1) is 0 Å². The van der Waals surface area contributed by atoms with E-state index in [0.29, 0.717) is 19.3 Å². The molecule has 0 aliphatic rings. The van der Waals surface area contributed by atoms with Gasteiger partial charge in [-0.1, -0.05) is 234 Å². The molecule has 0 rings (SSSR count). The summed E-state index contributed by atoms with van der Waals surface area (Å²) < 4.78 is 16.8. The number of hydrogen-bond acceptors (Lipinski definition) is 6. The van der Waals surface area contributed by atoms with Crippen molar-refractivity contribution in [3.8, 4) is 0 Å². The molecule has 0 aromatic heterocycles. The number of ether oxygens (including phenoxy) is 3. The Kier molecular flexibility index (Phi) is 54.3. The number of unbranched alkanes of at least 4 members (excludes halogenated alkanes) is 27. The van der Waals surface area contributed by atoms with Crippen molar-refractivity contribution < 1.29 is 28.6 Å². The standard InChI is InChI=1S/C63H108O6/c1-4-7-10-13-16-19-22-25-28-30-31-33-36-39-42-45-48-51-54-57-63(66)69-60(58-67-61(64)55-52-49-46-43-40-37-34-27-24-21-18-15-12-9-6-3)59-68-62(65)56-53-50-47-44-41-38-35-32-29-26-23-20-17-14-11-8-5-2/h16,19,25-29,31,33-34,39,42,48,51,60H,4-15,17-18,20-24,30,32,35-38,40-41,43-47,49-50,52-59H2,1-3H3. The van der Waals surface area contributed by atoms with Crippen LogP contribution in [0.1, 0.15) is 278 Å². The van der Waals surface area contributed by atoms with Crippen molar-refractivity contribution in [3.05, 3.63) is 85.1 Å². The molecule has 69 heavy (non-hydrogen) atoms. The molecule has 6 heteroatoms. The van der Waals surface area contributed by atoms with Crippen molar-refractivity contribution in [2.45, 2.75) is 284 Å². The minimum absolute atomic E-state index is 0.111. The van der Waals surface area contributed by atoms with Gasteiger partial charge in [0.25, 0.3) is 0 Å². The summed E-state index contributed by atoms with van der Waals surface area (Å²) in [6.45, 7) is 6.54. The predicted octanol–water partition coefficient (Wildman–Crippen LogP) is 19.5. The fourth-order valence-electron chi connectivity index (χ4n) is 7.94. The Labute approximate surface area is 426 Å². The van der Waals surface area contributed by atoms with Crippen molar-refractivity contribution >= 4 is 17.9 Å². The lowest BCUT2D eigenvalue weighted by Gasteiger charge is -2.18. The molecule has 0 radical (unpaired) electrons. The van der Waals surface area contributed by atoms with Crippen LogP contribution in [0.5, 0.6) is 0 Å². The second kappa shape index (κ2) is 57.2. The molecule has 0 fully saturated rings. The zero-order valence-electron chi connectivity index (χ0n) is 45.3. The molecule has 0 aromatic carbocycles. The largest absolute Gasteiger partial charge is 0.462 e. The minimum Gasteiger partial charge on any atom is -0.462 e. The first-order valence-corrected chi connectivity index (χ1v) is 29.1. The first-order valence-electron chi connectivity index (χ1n) is 29.1. The quantitative estimate of drug-likeness (QED) is 0.0262. The third-order valence-electron chi connectivity index (χ3n) is 12.4. The van der Waals surface area contributed by atoms with Crippen molar-refractivity contribution in [2.24, 2.45) is 0 Å². The lowest BCUT2D eigenvalue weighted by atomic mass is 10.1. The molecule has 0 saturated heterocycles. The molecule has 0 heterocycles. The van der Waals surface area contributed by atoms with E-state index in [1.165, 1.54) is 154 Å². The highest BCUT2D eigenvalue weighted by atomic mass is 16.6. The van der Waals surface area contributed by atoms with E-state index < -0.39 is 12.1 Å². The van der Waals surface area contributed by atoms with Gasteiger partial charge in [-0.2, -0.15) is 0 Å². The van der Waals surface area contributed by atoms with E-state index in [1.54, 1.807) is 0 Å². The molecule has 0 aliphatic heterocycles. The molecule has 6 nitrogen and oxygen atoms in total. The molecule has 1 unspecified atom stereocenters. The zero-order valence-corrected chi connectivity index (χ0v) is 45.3. The Balaban J connectivity index is 4.51. The smallest absolute Gasteiger partial charge is 0.306 e. The van der Waals surface area contributed by atoms with Gasteiger partial charge in [0.15, 0.2) is 6.10 Å². The Morgan fingerprint density at radius 1 is 0.290 bits per heavy atom. The number of allylic oxidation sites excluding steroid dienone is 14. The van der Waals surface area contributed by atoms with Gasteiger partial charge in [0.05, 0.1) is 0 Å². The van der Waals surface area contributed by atoms with E-state index in [2.05, 4.69) is 99.8 Å². The van der Waals surface area contributed by atoms with Crippen molar-refractivity contribution in [1.82, 2.24) is 0 Å². The summed E-state index contributed by atoms with van der Waals surface area (Å²) in [6.07, 6.45) is 74.4. The monoisotopic (exact) mass is 961 g/mol. The van der Waals surface area contributed by atoms with Gasteiger partial charge >= 0.3 is 17.9 Å². The Morgan fingerprint density at radius 3 is 0.913 bits per heavy atom. The summed E-state index contributed by atoms with van der Waals surface area (Å²) in [6, 6.07) is 0. The highest BCUT2D eigenvalue weighted by Gasteiger charge is 2.19. The Hall–Kier alpha value is -3.41. The fraction of sp³-hybridized carbons (Fsp3) is 0.730. The molecule has 0 amide bonds. The predicted molar refractivity (Wildman–Crippen MR) is 297 cm³/mol.